The molecule has 2 N–H and O–H groups in total. The van der Waals surface area contributed by atoms with Crippen LogP contribution in [-0.2, 0) is 11.3 Å². The van der Waals surface area contributed by atoms with E-state index >= 15 is 0 Å². The zero-order valence-electron chi connectivity index (χ0n) is 22.0. The van der Waals surface area contributed by atoms with Gasteiger partial charge in [-0.25, -0.2) is 9.18 Å². The van der Waals surface area contributed by atoms with Crippen molar-refractivity contribution < 1.29 is 37.0 Å². The minimum absolute atomic E-state index is 0.0677. The maximum atomic E-state index is 13.2. The summed E-state index contributed by atoms with van der Waals surface area (Å²) in [6, 6.07) is 21.7. The first-order chi connectivity index (χ1) is 19.5. The quantitative estimate of drug-likeness (QED) is 0.268. The van der Waals surface area contributed by atoms with E-state index in [0.717, 1.165) is 53.8 Å². The lowest BCUT2D eigenvalue weighted by molar-refractivity contribution is -0.192. The molecule has 1 fully saturated rings. The number of amides is 1. The van der Waals surface area contributed by atoms with E-state index in [9.17, 15) is 22.4 Å². The molecule has 1 aromatic heterocycles. The number of fused-ring (bicyclic) bond motifs is 1. The molecule has 1 aliphatic heterocycles. The molecule has 0 aliphatic carbocycles. The summed E-state index contributed by atoms with van der Waals surface area (Å²) in [5.74, 6) is -2.38. The summed E-state index contributed by atoms with van der Waals surface area (Å²) in [4.78, 5) is 28.3. The second kappa shape index (κ2) is 12.8. The number of nitrogens with zero attached hydrogens (tertiary/aromatic N) is 2. The fraction of sp³-hybridized carbons (Fsp3) is 0.233. The van der Waals surface area contributed by atoms with Gasteiger partial charge >= 0.3 is 12.1 Å². The predicted molar refractivity (Wildman–Crippen MR) is 145 cm³/mol. The molecule has 3 aromatic carbocycles. The Morgan fingerprint density at radius 2 is 1.80 bits per heavy atom. The molecule has 1 saturated heterocycles. The van der Waals surface area contributed by atoms with Gasteiger partial charge in [0.15, 0.2) is 0 Å². The molecule has 41 heavy (non-hydrogen) atoms. The van der Waals surface area contributed by atoms with E-state index < -0.39 is 12.1 Å². The standard InChI is InChI=1S/C28H26FN3O2.C2HF3O2/c1-19-4-10-24(31-28(33)22-7-11-26-21(15-22)3-2-13-30-26)16-27(19)34-25-12-14-32(18-25)17-20-5-8-23(29)9-6-20;3-2(4,5)1(6)7/h2-11,13,15-16,25H,12,14,17-18H2,1H3,(H,31,33);(H,6,7). The summed E-state index contributed by atoms with van der Waals surface area (Å²) in [5.41, 5.74) is 4.24. The molecule has 0 spiro atoms. The van der Waals surface area contributed by atoms with Crippen molar-refractivity contribution >= 4 is 28.5 Å². The van der Waals surface area contributed by atoms with Crippen LogP contribution >= 0.6 is 0 Å². The number of carbonyl (C=O) groups excluding carboxylic acids is 1. The maximum absolute atomic E-state index is 13.2. The van der Waals surface area contributed by atoms with Crippen molar-refractivity contribution in [2.45, 2.75) is 32.2 Å². The van der Waals surface area contributed by atoms with Crippen molar-refractivity contribution in [2.24, 2.45) is 0 Å². The van der Waals surface area contributed by atoms with E-state index in [1.54, 1.807) is 12.3 Å². The lowest BCUT2D eigenvalue weighted by Gasteiger charge is -2.18. The number of anilines is 1. The van der Waals surface area contributed by atoms with Crippen LogP contribution in [-0.4, -0.2) is 52.2 Å². The van der Waals surface area contributed by atoms with Crippen LogP contribution in [0.3, 0.4) is 0 Å². The molecule has 214 valence electrons. The Balaban J connectivity index is 0.000000493. The number of nitrogens with one attached hydrogen (secondary N) is 1. The highest BCUT2D eigenvalue weighted by molar-refractivity contribution is 6.06. The van der Waals surface area contributed by atoms with Crippen molar-refractivity contribution in [2.75, 3.05) is 18.4 Å². The van der Waals surface area contributed by atoms with Gasteiger partial charge in [0, 0.05) is 48.5 Å². The molecule has 2 heterocycles. The fourth-order valence-electron chi connectivity index (χ4n) is 4.29. The molecule has 11 heteroatoms. The minimum atomic E-state index is -5.08. The molecule has 1 unspecified atom stereocenters. The van der Waals surface area contributed by atoms with E-state index in [2.05, 4.69) is 15.2 Å². The summed E-state index contributed by atoms with van der Waals surface area (Å²) in [5, 5.41) is 11.0. The molecule has 0 saturated carbocycles. The fourth-order valence-corrected chi connectivity index (χ4v) is 4.29. The average molecular weight is 570 g/mol. The normalized spacial score (nSPS) is 15.2. The van der Waals surface area contributed by atoms with Crippen LogP contribution in [0.4, 0.5) is 23.2 Å². The number of hydrogen-bond donors (Lipinski definition) is 2. The molecule has 1 amide bonds. The maximum Gasteiger partial charge on any atom is 0.490 e. The number of carbonyl (C=O) groups is 2. The Bertz CT molecular complexity index is 1530. The monoisotopic (exact) mass is 569 g/mol. The van der Waals surface area contributed by atoms with Gasteiger partial charge in [-0.05, 0) is 66.9 Å². The van der Waals surface area contributed by atoms with E-state index in [1.807, 2.05) is 61.5 Å². The van der Waals surface area contributed by atoms with Gasteiger partial charge < -0.3 is 15.2 Å². The first kappa shape index (κ1) is 29.5. The number of pyridine rings is 1. The highest BCUT2D eigenvalue weighted by Gasteiger charge is 2.38. The second-order valence-electron chi connectivity index (χ2n) is 9.54. The Labute approximate surface area is 233 Å². The highest BCUT2D eigenvalue weighted by atomic mass is 19.4. The smallest absolute Gasteiger partial charge is 0.489 e. The molecule has 5 rings (SSSR count). The number of likely N-dealkylation sites (tertiary alicyclic amines) is 1. The number of hydrogen-bond acceptors (Lipinski definition) is 5. The molecule has 7 nitrogen and oxygen atoms in total. The van der Waals surface area contributed by atoms with Crippen molar-refractivity contribution in [1.82, 2.24) is 9.88 Å². The van der Waals surface area contributed by atoms with Crippen molar-refractivity contribution in [3.63, 3.8) is 0 Å². The Morgan fingerprint density at radius 3 is 2.51 bits per heavy atom. The van der Waals surface area contributed by atoms with Gasteiger partial charge in [0.25, 0.3) is 5.91 Å². The van der Waals surface area contributed by atoms with Gasteiger partial charge in [-0.3, -0.25) is 14.7 Å². The van der Waals surface area contributed by atoms with Gasteiger partial charge in [-0.1, -0.05) is 24.3 Å². The third-order valence-electron chi connectivity index (χ3n) is 6.40. The zero-order valence-corrected chi connectivity index (χ0v) is 22.0. The summed E-state index contributed by atoms with van der Waals surface area (Å²) in [6.07, 6.45) is -2.36. The Morgan fingerprint density at radius 1 is 1.07 bits per heavy atom. The van der Waals surface area contributed by atoms with Crippen molar-refractivity contribution in [3.05, 3.63) is 102 Å². The number of ether oxygens (including phenoxy) is 1. The van der Waals surface area contributed by atoms with E-state index in [1.165, 1.54) is 12.1 Å². The van der Waals surface area contributed by atoms with Gasteiger partial charge in [0.05, 0.1) is 5.52 Å². The number of carboxylic acids is 1. The lowest BCUT2D eigenvalue weighted by Crippen LogP contribution is -2.24. The molecular formula is C30H27F4N3O4. The minimum Gasteiger partial charge on any atom is -0.489 e. The third kappa shape index (κ3) is 8.24. The number of alkyl halides is 3. The van der Waals surface area contributed by atoms with Crippen LogP contribution < -0.4 is 10.1 Å². The summed E-state index contributed by atoms with van der Waals surface area (Å²) in [7, 11) is 0. The summed E-state index contributed by atoms with van der Waals surface area (Å²) >= 11 is 0. The summed E-state index contributed by atoms with van der Waals surface area (Å²) < 4.78 is 51.2. The topological polar surface area (TPSA) is 91.8 Å². The number of halogens is 4. The van der Waals surface area contributed by atoms with Crippen LogP contribution in [0.25, 0.3) is 10.9 Å². The number of benzene rings is 3. The molecule has 0 radical (unpaired) electrons. The molecule has 1 aliphatic rings. The number of aryl methyl sites for hydroxylation is 1. The van der Waals surface area contributed by atoms with E-state index in [0.29, 0.717) is 11.3 Å². The van der Waals surface area contributed by atoms with Crippen LogP contribution in [0.15, 0.2) is 79.0 Å². The number of aliphatic carboxylic acids is 1. The van der Waals surface area contributed by atoms with Crippen molar-refractivity contribution in [1.29, 1.82) is 0 Å². The Kier molecular flexibility index (Phi) is 9.18. The average Bonchev–Trinajstić information content (AvgIpc) is 3.38. The van der Waals surface area contributed by atoms with E-state index in [4.69, 9.17) is 14.6 Å². The SMILES string of the molecule is Cc1ccc(NC(=O)c2ccc3ncccc3c2)cc1OC1CCN(Cc2ccc(F)cc2)C1.O=C(O)C(F)(F)F. The van der Waals surface area contributed by atoms with Gasteiger partial charge in [0.1, 0.15) is 17.7 Å². The molecule has 4 aromatic rings. The van der Waals surface area contributed by atoms with Gasteiger partial charge in [-0.15, -0.1) is 0 Å². The van der Waals surface area contributed by atoms with Crippen LogP contribution in [0.1, 0.15) is 27.9 Å². The van der Waals surface area contributed by atoms with Gasteiger partial charge in [-0.2, -0.15) is 13.2 Å². The first-order valence-electron chi connectivity index (χ1n) is 12.7. The summed E-state index contributed by atoms with van der Waals surface area (Å²) in [6.45, 7) is 4.51. The number of carboxylic acid groups (broad SMARTS) is 1. The van der Waals surface area contributed by atoms with Crippen molar-refractivity contribution in [3.8, 4) is 5.75 Å². The van der Waals surface area contributed by atoms with Gasteiger partial charge in [0.2, 0.25) is 0 Å². The number of aromatic nitrogens is 1. The third-order valence-corrected chi connectivity index (χ3v) is 6.40. The zero-order chi connectivity index (χ0) is 29.6. The number of rotatable bonds is 6. The molecule has 1 atom stereocenters. The second-order valence-corrected chi connectivity index (χ2v) is 9.54. The van der Waals surface area contributed by atoms with Crippen LogP contribution in [0.2, 0.25) is 0 Å². The Hall–Kier alpha value is -4.51. The predicted octanol–water partition coefficient (Wildman–Crippen LogP) is 6.22. The first-order valence-corrected chi connectivity index (χ1v) is 12.7. The lowest BCUT2D eigenvalue weighted by atomic mass is 10.1. The molecular weight excluding hydrogens is 542 g/mol. The van der Waals surface area contributed by atoms with E-state index in [-0.39, 0.29) is 17.8 Å². The van der Waals surface area contributed by atoms with Crippen LogP contribution in [0, 0.1) is 12.7 Å². The largest absolute Gasteiger partial charge is 0.490 e. The van der Waals surface area contributed by atoms with Crippen LogP contribution in [0.5, 0.6) is 5.75 Å². The molecule has 0 bridgehead atoms. The highest BCUT2D eigenvalue weighted by Crippen LogP contribution is 2.27.